The molecule has 2 fully saturated rings. The second-order valence-electron chi connectivity index (χ2n) is 7.92. The second kappa shape index (κ2) is 7.06. The Labute approximate surface area is 167 Å². The number of benzene rings is 1. The van der Waals surface area contributed by atoms with E-state index in [9.17, 15) is 9.18 Å². The molecule has 1 unspecified atom stereocenters. The SMILES string of the molecule is Cc1ccc(C(=O)N2[C@@H]3CC[C@H]2CC(c2nc(-c4ccncc4)no2)C3)cc1F. The number of fused-ring (bicyclic) bond motifs is 2. The summed E-state index contributed by atoms with van der Waals surface area (Å²) in [5.74, 6) is 0.894. The molecule has 29 heavy (non-hydrogen) atoms. The first-order valence-corrected chi connectivity index (χ1v) is 9.93. The minimum absolute atomic E-state index is 0.0853. The summed E-state index contributed by atoms with van der Waals surface area (Å²) in [5.41, 5.74) is 1.83. The van der Waals surface area contributed by atoms with Crippen LogP contribution in [0, 0.1) is 12.7 Å². The van der Waals surface area contributed by atoms with Gasteiger partial charge in [0.05, 0.1) is 0 Å². The van der Waals surface area contributed by atoms with Gasteiger partial charge in [0.1, 0.15) is 5.82 Å². The lowest BCUT2D eigenvalue weighted by molar-refractivity contribution is 0.0554. The van der Waals surface area contributed by atoms with Crippen molar-refractivity contribution in [2.75, 3.05) is 0 Å². The van der Waals surface area contributed by atoms with Crippen molar-refractivity contribution in [3.8, 4) is 11.4 Å². The van der Waals surface area contributed by atoms with E-state index in [1.807, 2.05) is 17.0 Å². The average Bonchev–Trinajstić information content (AvgIpc) is 3.33. The van der Waals surface area contributed by atoms with Gasteiger partial charge in [0, 0.05) is 41.5 Å². The molecule has 6 nitrogen and oxygen atoms in total. The number of pyridine rings is 1. The summed E-state index contributed by atoms with van der Waals surface area (Å²) in [6, 6.07) is 8.66. The molecule has 0 N–H and O–H groups in total. The van der Waals surface area contributed by atoms with Gasteiger partial charge in [0.15, 0.2) is 0 Å². The van der Waals surface area contributed by atoms with Gasteiger partial charge in [-0.25, -0.2) is 4.39 Å². The van der Waals surface area contributed by atoms with Gasteiger partial charge in [-0.05, 0) is 62.4 Å². The molecule has 148 valence electrons. The molecule has 2 aromatic heterocycles. The zero-order valence-corrected chi connectivity index (χ0v) is 16.1. The fraction of sp³-hybridized carbons (Fsp3) is 0.364. The van der Waals surface area contributed by atoms with Gasteiger partial charge in [-0.1, -0.05) is 11.2 Å². The number of nitrogens with zero attached hydrogens (tertiary/aromatic N) is 4. The van der Waals surface area contributed by atoms with E-state index >= 15 is 0 Å². The Bertz CT molecular complexity index is 1040. The maximum atomic E-state index is 13.9. The van der Waals surface area contributed by atoms with Crippen molar-refractivity contribution in [1.82, 2.24) is 20.0 Å². The lowest BCUT2D eigenvalue weighted by atomic mass is 9.90. The Hall–Kier alpha value is -3.09. The first-order valence-electron chi connectivity index (χ1n) is 9.93. The summed E-state index contributed by atoms with van der Waals surface area (Å²) >= 11 is 0. The molecule has 0 spiro atoms. The molecule has 2 saturated heterocycles. The largest absolute Gasteiger partial charge is 0.339 e. The number of carbonyl (C=O) groups excluding carboxylic acids is 1. The maximum Gasteiger partial charge on any atom is 0.254 e. The zero-order valence-electron chi connectivity index (χ0n) is 16.1. The molecular weight excluding hydrogens is 371 g/mol. The minimum Gasteiger partial charge on any atom is -0.339 e. The molecule has 4 heterocycles. The summed E-state index contributed by atoms with van der Waals surface area (Å²) in [7, 11) is 0. The topological polar surface area (TPSA) is 72.1 Å². The standard InChI is InChI=1S/C22H21FN4O2/c1-13-2-3-15(12-19(13)23)22(28)27-17-4-5-18(27)11-16(10-17)21-25-20(26-29-21)14-6-8-24-9-7-14/h2-3,6-9,12,16-18H,4-5,10-11H2,1H3/t16?,17-,18+. The van der Waals surface area contributed by atoms with Crippen LogP contribution in [0.4, 0.5) is 4.39 Å². The van der Waals surface area contributed by atoms with Crippen molar-refractivity contribution in [3.63, 3.8) is 0 Å². The Morgan fingerprint density at radius 3 is 2.55 bits per heavy atom. The molecule has 5 rings (SSSR count). The Morgan fingerprint density at radius 2 is 1.86 bits per heavy atom. The number of aryl methyl sites for hydroxylation is 1. The van der Waals surface area contributed by atoms with E-state index in [2.05, 4.69) is 15.1 Å². The van der Waals surface area contributed by atoms with Gasteiger partial charge in [-0.3, -0.25) is 9.78 Å². The summed E-state index contributed by atoms with van der Waals surface area (Å²) in [4.78, 5) is 23.6. The van der Waals surface area contributed by atoms with E-state index in [-0.39, 0.29) is 29.7 Å². The number of hydrogen-bond donors (Lipinski definition) is 0. The smallest absolute Gasteiger partial charge is 0.254 e. The molecule has 2 bridgehead atoms. The third-order valence-corrected chi connectivity index (χ3v) is 6.12. The molecule has 3 aromatic rings. The Balaban J connectivity index is 1.34. The molecule has 2 aliphatic rings. The summed E-state index contributed by atoms with van der Waals surface area (Å²) < 4.78 is 19.5. The third-order valence-electron chi connectivity index (χ3n) is 6.12. The van der Waals surface area contributed by atoms with Crippen LogP contribution >= 0.6 is 0 Å². The van der Waals surface area contributed by atoms with Crippen molar-refractivity contribution in [1.29, 1.82) is 0 Å². The van der Waals surface area contributed by atoms with Crippen molar-refractivity contribution in [2.45, 2.75) is 50.6 Å². The normalized spacial score (nSPS) is 23.4. The molecular formula is C22H21FN4O2. The number of rotatable bonds is 3. The third kappa shape index (κ3) is 3.20. The van der Waals surface area contributed by atoms with Gasteiger partial charge < -0.3 is 9.42 Å². The highest BCUT2D eigenvalue weighted by Gasteiger charge is 2.45. The number of piperidine rings is 1. The molecule has 2 aliphatic heterocycles. The predicted molar refractivity (Wildman–Crippen MR) is 104 cm³/mol. The van der Waals surface area contributed by atoms with E-state index in [4.69, 9.17) is 4.52 Å². The highest BCUT2D eigenvalue weighted by atomic mass is 19.1. The van der Waals surface area contributed by atoms with Gasteiger partial charge >= 0.3 is 0 Å². The highest BCUT2D eigenvalue weighted by molar-refractivity contribution is 5.95. The van der Waals surface area contributed by atoms with Crippen LogP contribution in [0.15, 0.2) is 47.2 Å². The van der Waals surface area contributed by atoms with Crippen molar-refractivity contribution >= 4 is 5.91 Å². The number of halogens is 1. The molecule has 1 aromatic carbocycles. The summed E-state index contributed by atoms with van der Waals surface area (Å²) in [5, 5.41) is 4.12. The van der Waals surface area contributed by atoms with Crippen LogP contribution in [0.1, 0.15) is 53.4 Å². The Kier molecular flexibility index (Phi) is 4.38. The van der Waals surface area contributed by atoms with Gasteiger partial charge in [-0.2, -0.15) is 4.98 Å². The van der Waals surface area contributed by atoms with Crippen LogP contribution in [0.5, 0.6) is 0 Å². The maximum absolute atomic E-state index is 13.9. The molecule has 0 saturated carbocycles. The molecule has 0 aliphatic carbocycles. The number of amides is 1. The number of carbonyl (C=O) groups is 1. The molecule has 0 radical (unpaired) electrons. The van der Waals surface area contributed by atoms with Gasteiger partial charge in [0.25, 0.3) is 5.91 Å². The van der Waals surface area contributed by atoms with Crippen LogP contribution in [0.2, 0.25) is 0 Å². The number of aromatic nitrogens is 3. The fourth-order valence-electron chi connectivity index (χ4n) is 4.60. The average molecular weight is 392 g/mol. The molecule has 7 heteroatoms. The zero-order chi connectivity index (χ0) is 20.0. The van der Waals surface area contributed by atoms with E-state index in [1.165, 1.54) is 6.07 Å². The van der Waals surface area contributed by atoms with Crippen molar-refractivity contribution < 1.29 is 13.7 Å². The van der Waals surface area contributed by atoms with Gasteiger partial charge in [0.2, 0.25) is 11.7 Å². The fourth-order valence-corrected chi connectivity index (χ4v) is 4.60. The monoisotopic (exact) mass is 392 g/mol. The van der Waals surface area contributed by atoms with Crippen LogP contribution < -0.4 is 0 Å². The van der Waals surface area contributed by atoms with Crippen molar-refractivity contribution in [3.05, 3.63) is 65.6 Å². The van der Waals surface area contributed by atoms with E-state index in [0.29, 0.717) is 22.8 Å². The van der Waals surface area contributed by atoms with E-state index in [1.54, 1.807) is 31.5 Å². The quantitative estimate of drug-likeness (QED) is 0.670. The van der Waals surface area contributed by atoms with E-state index < -0.39 is 0 Å². The Morgan fingerprint density at radius 1 is 1.14 bits per heavy atom. The van der Waals surface area contributed by atoms with Crippen LogP contribution in [-0.2, 0) is 0 Å². The second-order valence-corrected chi connectivity index (χ2v) is 7.92. The van der Waals surface area contributed by atoms with E-state index in [0.717, 1.165) is 31.2 Å². The summed E-state index contributed by atoms with van der Waals surface area (Å²) in [6.07, 6.45) is 6.87. The lowest BCUT2D eigenvalue weighted by Gasteiger charge is -2.38. The molecule has 3 atom stereocenters. The van der Waals surface area contributed by atoms with Crippen LogP contribution in [0.3, 0.4) is 0 Å². The van der Waals surface area contributed by atoms with Gasteiger partial charge in [-0.15, -0.1) is 0 Å². The number of hydrogen-bond acceptors (Lipinski definition) is 5. The van der Waals surface area contributed by atoms with Crippen molar-refractivity contribution in [2.24, 2.45) is 0 Å². The van der Waals surface area contributed by atoms with Crippen LogP contribution in [0.25, 0.3) is 11.4 Å². The minimum atomic E-state index is -0.340. The first-order chi connectivity index (χ1) is 14.1. The van der Waals surface area contributed by atoms with Crippen LogP contribution in [-0.4, -0.2) is 38.0 Å². The first kappa shape index (κ1) is 18.0. The lowest BCUT2D eigenvalue weighted by Crippen LogP contribution is -2.46. The predicted octanol–water partition coefficient (Wildman–Crippen LogP) is 4.13. The molecule has 1 amide bonds. The summed E-state index contributed by atoms with van der Waals surface area (Å²) in [6.45, 7) is 1.70. The highest BCUT2D eigenvalue weighted by Crippen LogP contribution is 2.43.